The molecule has 0 spiro atoms. The molecule has 80 valence electrons. The van der Waals surface area contributed by atoms with Gasteiger partial charge in [0.15, 0.2) is 0 Å². The average Bonchev–Trinajstić information content (AvgIpc) is 2.00. The third-order valence-electron chi connectivity index (χ3n) is 1.69. The average molecular weight is 200 g/mol. The van der Waals surface area contributed by atoms with Gasteiger partial charge in [-0.2, -0.15) is 0 Å². The SMILES string of the molecule is CC(C)N(CC=CC(=O)O)CC(N)=O. The van der Waals surface area contributed by atoms with Crippen LogP contribution >= 0.6 is 0 Å². The third kappa shape index (κ3) is 6.19. The fraction of sp³-hybridized carbons (Fsp3) is 0.556. The lowest BCUT2D eigenvalue weighted by molar-refractivity contribution is -0.131. The fourth-order valence-corrected chi connectivity index (χ4v) is 0.947. The molecule has 0 rings (SSSR count). The summed E-state index contributed by atoms with van der Waals surface area (Å²) in [5, 5.41) is 8.35. The molecular formula is C9H16N2O3. The van der Waals surface area contributed by atoms with Gasteiger partial charge >= 0.3 is 5.97 Å². The van der Waals surface area contributed by atoms with Gasteiger partial charge in [-0.1, -0.05) is 6.08 Å². The van der Waals surface area contributed by atoms with Gasteiger partial charge in [0.05, 0.1) is 6.54 Å². The topological polar surface area (TPSA) is 83.6 Å². The van der Waals surface area contributed by atoms with Crippen molar-refractivity contribution in [2.24, 2.45) is 5.73 Å². The third-order valence-corrected chi connectivity index (χ3v) is 1.69. The van der Waals surface area contributed by atoms with E-state index in [4.69, 9.17) is 10.8 Å². The van der Waals surface area contributed by atoms with E-state index in [1.54, 1.807) is 4.90 Å². The maximum atomic E-state index is 10.7. The first-order valence-electron chi connectivity index (χ1n) is 4.35. The predicted molar refractivity (Wildman–Crippen MR) is 52.7 cm³/mol. The van der Waals surface area contributed by atoms with Crippen LogP contribution in [0.3, 0.4) is 0 Å². The van der Waals surface area contributed by atoms with Crippen molar-refractivity contribution in [3.63, 3.8) is 0 Å². The first-order chi connectivity index (χ1) is 6.43. The largest absolute Gasteiger partial charge is 0.478 e. The van der Waals surface area contributed by atoms with E-state index < -0.39 is 11.9 Å². The molecule has 1 amide bonds. The first kappa shape index (κ1) is 12.6. The molecule has 0 aromatic heterocycles. The number of hydrogen-bond donors (Lipinski definition) is 2. The Balaban J connectivity index is 4.10. The number of carbonyl (C=O) groups excluding carboxylic acids is 1. The Bertz CT molecular complexity index is 236. The number of nitrogens with two attached hydrogens (primary N) is 1. The quantitative estimate of drug-likeness (QED) is 0.583. The van der Waals surface area contributed by atoms with Crippen molar-refractivity contribution in [1.82, 2.24) is 4.90 Å². The summed E-state index contributed by atoms with van der Waals surface area (Å²) in [7, 11) is 0. The number of rotatable bonds is 6. The van der Waals surface area contributed by atoms with Crippen LogP contribution in [0.15, 0.2) is 12.2 Å². The Morgan fingerprint density at radius 1 is 1.50 bits per heavy atom. The molecule has 0 fully saturated rings. The summed E-state index contributed by atoms with van der Waals surface area (Å²) in [4.78, 5) is 22.6. The minimum absolute atomic E-state index is 0.141. The summed E-state index contributed by atoms with van der Waals surface area (Å²) in [5.74, 6) is -1.41. The fourth-order valence-electron chi connectivity index (χ4n) is 0.947. The van der Waals surface area contributed by atoms with E-state index >= 15 is 0 Å². The van der Waals surface area contributed by atoms with E-state index in [0.29, 0.717) is 6.54 Å². The minimum Gasteiger partial charge on any atom is -0.478 e. The van der Waals surface area contributed by atoms with Gasteiger partial charge in [0.25, 0.3) is 0 Å². The maximum Gasteiger partial charge on any atom is 0.328 e. The van der Waals surface area contributed by atoms with Gasteiger partial charge in [-0.25, -0.2) is 4.79 Å². The van der Waals surface area contributed by atoms with Gasteiger partial charge in [-0.3, -0.25) is 9.69 Å². The van der Waals surface area contributed by atoms with E-state index in [2.05, 4.69) is 0 Å². The molecule has 0 heterocycles. The molecule has 0 saturated heterocycles. The van der Waals surface area contributed by atoms with E-state index in [-0.39, 0.29) is 12.6 Å². The number of hydrogen-bond acceptors (Lipinski definition) is 3. The summed E-state index contributed by atoms with van der Waals surface area (Å²) in [6.45, 7) is 4.38. The molecule has 0 atom stereocenters. The lowest BCUT2D eigenvalue weighted by Gasteiger charge is -2.22. The minimum atomic E-state index is -0.993. The Hall–Kier alpha value is -1.36. The van der Waals surface area contributed by atoms with Crippen molar-refractivity contribution in [2.45, 2.75) is 19.9 Å². The van der Waals surface area contributed by atoms with Gasteiger partial charge in [-0.05, 0) is 13.8 Å². The van der Waals surface area contributed by atoms with Crippen LogP contribution in [-0.4, -0.2) is 41.0 Å². The lowest BCUT2D eigenvalue weighted by atomic mass is 10.3. The molecule has 0 unspecified atom stereocenters. The smallest absolute Gasteiger partial charge is 0.328 e. The molecule has 14 heavy (non-hydrogen) atoms. The van der Waals surface area contributed by atoms with Crippen LogP contribution in [0.1, 0.15) is 13.8 Å². The highest BCUT2D eigenvalue weighted by Gasteiger charge is 2.09. The second kappa shape index (κ2) is 6.15. The van der Waals surface area contributed by atoms with Gasteiger partial charge in [-0.15, -0.1) is 0 Å². The molecule has 5 heteroatoms. The standard InChI is InChI=1S/C9H16N2O3/c1-7(2)11(6-8(10)12)5-3-4-9(13)14/h3-4,7H,5-6H2,1-2H3,(H2,10,12)(H,13,14). The zero-order valence-electron chi connectivity index (χ0n) is 8.43. The summed E-state index contributed by atoms with van der Waals surface area (Å²) >= 11 is 0. The van der Waals surface area contributed by atoms with Crippen molar-refractivity contribution in [3.8, 4) is 0 Å². The molecule has 3 N–H and O–H groups in total. The van der Waals surface area contributed by atoms with Crippen molar-refractivity contribution in [3.05, 3.63) is 12.2 Å². The first-order valence-corrected chi connectivity index (χ1v) is 4.35. The molecule has 0 bridgehead atoms. The van der Waals surface area contributed by atoms with Crippen molar-refractivity contribution >= 4 is 11.9 Å². The lowest BCUT2D eigenvalue weighted by Crippen LogP contribution is -2.38. The molecular weight excluding hydrogens is 184 g/mol. The highest BCUT2D eigenvalue weighted by Crippen LogP contribution is 1.97. The maximum absolute atomic E-state index is 10.7. The molecule has 0 aliphatic heterocycles. The number of amides is 1. The van der Waals surface area contributed by atoms with Crippen molar-refractivity contribution in [1.29, 1.82) is 0 Å². The van der Waals surface area contributed by atoms with Gasteiger partial charge < -0.3 is 10.8 Å². The van der Waals surface area contributed by atoms with Crippen molar-refractivity contribution in [2.75, 3.05) is 13.1 Å². The summed E-state index contributed by atoms with van der Waals surface area (Å²) in [6, 6.07) is 0.154. The second-order valence-corrected chi connectivity index (χ2v) is 3.23. The van der Waals surface area contributed by atoms with Crippen LogP contribution in [0.4, 0.5) is 0 Å². The summed E-state index contributed by atoms with van der Waals surface area (Å²) in [6.07, 6.45) is 2.54. The highest BCUT2D eigenvalue weighted by molar-refractivity contribution is 5.79. The highest BCUT2D eigenvalue weighted by atomic mass is 16.4. The zero-order valence-corrected chi connectivity index (χ0v) is 8.43. The molecule has 0 aromatic rings. The molecule has 0 aromatic carbocycles. The predicted octanol–water partition coefficient (Wildman–Crippen LogP) is -0.177. The van der Waals surface area contributed by atoms with Crippen LogP contribution in [0.2, 0.25) is 0 Å². The normalized spacial score (nSPS) is 11.4. The number of nitrogens with zero attached hydrogens (tertiary/aromatic N) is 1. The molecule has 5 nitrogen and oxygen atoms in total. The monoisotopic (exact) mass is 200 g/mol. The number of carbonyl (C=O) groups is 2. The Morgan fingerprint density at radius 3 is 2.43 bits per heavy atom. The Morgan fingerprint density at radius 2 is 2.07 bits per heavy atom. The Kier molecular flexibility index (Phi) is 5.55. The van der Waals surface area contributed by atoms with Crippen LogP contribution in [0.5, 0.6) is 0 Å². The van der Waals surface area contributed by atoms with Crippen LogP contribution < -0.4 is 5.73 Å². The van der Waals surface area contributed by atoms with E-state index in [0.717, 1.165) is 6.08 Å². The number of carboxylic acid groups (broad SMARTS) is 1. The summed E-state index contributed by atoms with van der Waals surface area (Å²) in [5.41, 5.74) is 5.04. The van der Waals surface area contributed by atoms with Gasteiger partial charge in [0, 0.05) is 18.7 Å². The number of aliphatic carboxylic acids is 1. The van der Waals surface area contributed by atoms with E-state index in [9.17, 15) is 9.59 Å². The van der Waals surface area contributed by atoms with Crippen LogP contribution in [0, 0.1) is 0 Å². The molecule has 0 radical (unpaired) electrons. The molecule has 0 saturated carbocycles. The van der Waals surface area contributed by atoms with Gasteiger partial charge in [0.1, 0.15) is 0 Å². The molecule has 0 aliphatic rings. The number of primary amides is 1. The van der Waals surface area contributed by atoms with E-state index in [1.807, 2.05) is 13.8 Å². The van der Waals surface area contributed by atoms with Gasteiger partial charge in [0.2, 0.25) is 5.91 Å². The van der Waals surface area contributed by atoms with Crippen molar-refractivity contribution < 1.29 is 14.7 Å². The number of carboxylic acids is 1. The van der Waals surface area contributed by atoms with Crippen LogP contribution in [0.25, 0.3) is 0 Å². The van der Waals surface area contributed by atoms with E-state index in [1.165, 1.54) is 6.08 Å². The second-order valence-electron chi connectivity index (χ2n) is 3.23. The summed E-state index contributed by atoms with van der Waals surface area (Å²) < 4.78 is 0. The Labute approximate surface area is 83.2 Å². The molecule has 0 aliphatic carbocycles. The zero-order chi connectivity index (χ0) is 11.1. The van der Waals surface area contributed by atoms with Crippen LogP contribution in [-0.2, 0) is 9.59 Å².